The van der Waals surface area contributed by atoms with Crippen LogP contribution in [-0.2, 0) is 0 Å². The monoisotopic (exact) mass is 474 g/mol. The van der Waals surface area contributed by atoms with Gasteiger partial charge in [0.2, 0.25) is 5.89 Å². The second-order valence-electron chi connectivity index (χ2n) is 5.65. The molecule has 0 spiro atoms. The third kappa shape index (κ3) is 3.45. The van der Waals surface area contributed by atoms with Crippen LogP contribution < -0.4 is 5.32 Å². The van der Waals surface area contributed by atoms with E-state index in [2.05, 4.69) is 32.9 Å². The van der Waals surface area contributed by atoms with Crippen molar-refractivity contribution in [2.75, 3.05) is 5.32 Å². The smallest absolute Gasteiger partial charge is 0.255 e. The Balaban J connectivity index is 1.66. The lowest BCUT2D eigenvalue weighted by molar-refractivity contribution is 0.102. The first-order valence-corrected chi connectivity index (χ1v) is 9.28. The highest BCUT2D eigenvalue weighted by molar-refractivity contribution is 14.1. The number of hydrogen-bond donors (Lipinski definition) is 1. The Kier molecular flexibility index (Phi) is 4.65. The van der Waals surface area contributed by atoms with E-state index in [0.29, 0.717) is 33.3 Å². The highest BCUT2D eigenvalue weighted by atomic mass is 127. The van der Waals surface area contributed by atoms with Gasteiger partial charge in [0, 0.05) is 14.8 Å². The van der Waals surface area contributed by atoms with Crippen molar-refractivity contribution < 1.29 is 9.21 Å². The molecule has 3 aromatic carbocycles. The maximum atomic E-state index is 12.3. The van der Waals surface area contributed by atoms with Gasteiger partial charge < -0.3 is 9.73 Å². The standard InChI is InChI=1S/C20H12ClIN2O2/c21-16-8-6-13(22)10-15(16)20-24-17-11-14(7-9-18(17)26-20)23-19(25)12-4-2-1-3-5-12/h1-11H,(H,23,25). The molecule has 0 bridgehead atoms. The van der Waals surface area contributed by atoms with Gasteiger partial charge in [-0.3, -0.25) is 4.79 Å². The number of benzene rings is 3. The van der Waals surface area contributed by atoms with E-state index in [9.17, 15) is 4.79 Å². The van der Waals surface area contributed by atoms with Gasteiger partial charge in [-0.2, -0.15) is 0 Å². The first-order valence-electron chi connectivity index (χ1n) is 7.82. The van der Waals surface area contributed by atoms with Gasteiger partial charge in [0.25, 0.3) is 5.91 Å². The second kappa shape index (κ2) is 7.09. The molecule has 26 heavy (non-hydrogen) atoms. The lowest BCUT2D eigenvalue weighted by Crippen LogP contribution is -2.11. The number of amides is 1. The molecule has 1 amide bonds. The highest BCUT2D eigenvalue weighted by Crippen LogP contribution is 2.32. The van der Waals surface area contributed by atoms with Crippen LogP contribution in [0.1, 0.15) is 10.4 Å². The van der Waals surface area contributed by atoms with Crippen LogP contribution in [0.2, 0.25) is 5.02 Å². The molecule has 1 heterocycles. The predicted octanol–water partition coefficient (Wildman–Crippen LogP) is 6.01. The molecule has 0 saturated carbocycles. The minimum Gasteiger partial charge on any atom is -0.436 e. The quantitative estimate of drug-likeness (QED) is 0.370. The molecule has 0 fully saturated rings. The summed E-state index contributed by atoms with van der Waals surface area (Å²) in [5.74, 6) is 0.282. The average molecular weight is 475 g/mol. The molecule has 128 valence electrons. The lowest BCUT2D eigenvalue weighted by Gasteiger charge is -2.04. The SMILES string of the molecule is O=C(Nc1ccc2oc(-c3cc(I)ccc3Cl)nc2c1)c1ccccc1. The zero-order chi connectivity index (χ0) is 18.1. The van der Waals surface area contributed by atoms with Crippen molar-refractivity contribution in [3.8, 4) is 11.5 Å². The molecule has 0 saturated heterocycles. The van der Waals surface area contributed by atoms with Gasteiger partial charge in [0.1, 0.15) is 5.52 Å². The number of oxazole rings is 1. The van der Waals surface area contributed by atoms with E-state index in [1.807, 2.05) is 36.4 Å². The molecule has 0 radical (unpaired) electrons. The molecule has 6 heteroatoms. The van der Waals surface area contributed by atoms with E-state index in [4.69, 9.17) is 16.0 Å². The fraction of sp³-hybridized carbons (Fsp3) is 0. The largest absolute Gasteiger partial charge is 0.436 e. The van der Waals surface area contributed by atoms with Crippen LogP contribution in [0.25, 0.3) is 22.6 Å². The summed E-state index contributed by atoms with van der Waals surface area (Å²) in [6, 6.07) is 20.1. The van der Waals surface area contributed by atoms with Crippen molar-refractivity contribution in [1.29, 1.82) is 0 Å². The third-order valence-corrected chi connectivity index (χ3v) is 4.84. The molecule has 4 aromatic rings. The Morgan fingerprint density at radius 1 is 1.04 bits per heavy atom. The maximum Gasteiger partial charge on any atom is 0.255 e. The Hall–Kier alpha value is -2.38. The Morgan fingerprint density at radius 2 is 1.85 bits per heavy atom. The summed E-state index contributed by atoms with van der Waals surface area (Å²) in [5, 5.41) is 3.45. The molecule has 4 nitrogen and oxygen atoms in total. The number of halogens is 2. The summed E-state index contributed by atoms with van der Waals surface area (Å²) in [7, 11) is 0. The van der Waals surface area contributed by atoms with Gasteiger partial charge in [0.05, 0.1) is 10.6 Å². The lowest BCUT2D eigenvalue weighted by atomic mass is 10.2. The molecule has 0 atom stereocenters. The van der Waals surface area contributed by atoms with Crippen LogP contribution in [0, 0.1) is 3.57 Å². The molecular formula is C20H12ClIN2O2. The normalized spacial score (nSPS) is 10.8. The molecule has 0 aliphatic rings. The Morgan fingerprint density at radius 3 is 2.65 bits per heavy atom. The van der Waals surface area contributed by atoms with Crippen molar-refractivity contribution in [2.45, 2.75) is 0 Å². The van der Waals surface area contributed by atoms with E-state index in [1.54, 1.807) is 30.3 Å². The van der Waals surface area contributed by atoms with Crippen molar-refractivity contribution in [2.24, 2.45) is 0 Å². The fourth-order valence-electron chi connectivity index (χ4n) is 2.57. The zero-order valence-corrected chi connectivity index (χ0v) is 16.3. The van der Waals surface area contributed by atoms with E-state index in [0.717, 1.165) is 9.13 Å². The average Bonchev–Trinajstić information content (AvgIpc) is 3.07. The van der Waals surface area contributed by atoms with Crippen molar-refractivity contribution >= 4 is 56.9 Å². The van der Waals surface area contributed by atoms with Gasteiger partial charge >= 0.3 is 0 Å². The maximum absolute atomic E-state index is 12.3. The summed E-state index contributed by atoms with van der Waals surface area (Å²) in [5.41, 5.74) is 3.28. The van der Waals surface area contributed by atoms with E-state index >= 15 is 0 Å². The molecular weight excluding hydrogens is 463 g/mol. The number of carbonyl (C=O) groups is 1. The Labute approximate surface area is 168 Å². The fourth-order valence-corrected chi connectivity index (χ4v) is 3.26. The minimum atomic E-state index is -0.172. The number of nitrogens with zero attached hydrogens (tertiary/aromatic N) is 1. The van der Waals surface area contributed by atoms with Gasteiger partial charge in [-0.25, -0.2) is 4.98 Å². The van der Waals surface area contributed by atoms with Crippen molar-refractivity contribution in [3.63, 3.8) is 0 Å². The van der Waals surface area contributed by atoms with Gasteiger partial charge in [-0.05, 0) is 71.1 Å². The van der Waals surface area contributed by atoms with Crippen LogP contribution in [0.4, 0.5) is 5.69 Å². The van der Waals surface area contributed by atoms with Gasteiger partial charge in [0.15, 0.2) is 5.58 Å². The Bertz CT molecular complexity index is 1110. The van der Waals surface area contributed by atoms with Crippen molar-refractivity contribution in [1.82, 2.24) is 4.98 Å². The third-order valence-electron chi connectivity index (χ3n) is 3.84. The molecule has 1 aromatic heterocycles. The molecule has 0 unspecified atom stereocenters. The van der Waals surface area contributed by atoms with Gasteiger partial charge in [-0.15, -0.1) is 0 Å². The minimum absolute atomic E-state index is 0.172. The first-order chi connectivity index (χ1) is 12.6. The summed E-state index contributed by atoms with van der Waals surface area (Å²) < 4.78 is 6.86. The van der Waals surface area contributed by atoms with Crippen LogP contribution in [0.3, 0.4) is 0 Å². The van der Waals surface area contributed by atoms with E-state index < -0.39 is 0 Å². The van der Waals surface area contributed by atoms with Gasteiger partial charge in [-0.1, -0.05) is 29.8 Å². The molecule has 0 aliphatic heterocycles. The number of hydrogen-bond acceptors (Lipinski definition) is 3. The summed E-state index contributed by atoms with van der Waals surface area (Å²) in [6.45, 7) is 0. The number of rotatable bonds is 3. The summed E-state index contributed by atoms with van der Waals surface area (Å²) in [6.07, 6.45) is 0. The number of aromatic nitrogens is 1. The highest BCUT2D eigenvalue weighted by Gasteiger charge is 2.13. The number of carbonyl (C=O) groups excluding carboxylic acids is 1. The molecule has 4 rings (SSSR count). The van der Waals surface area contributed by atoms with Crippen LogP contribution in [0.15, 0.2) is 71.1 Å². The summed E-state index contributed by atoms with van der Waals surface area (Å²) in [4.78, 5) is 16.8. The zero-order valence-electron chi connectivity index (χ0n) is 13.4. The predicted molar refractivity (Wildman–Crippen MR) is 112 cm³/mol. The van der Waals surface area contributed by atoms with Crippen molar-refractivity contribution in [3.05, 3.63) is 80.9 Å². The number of fused-ring (bicyclic) bond motifs is 1. The number of anilines is 1. The van der Waals surface area contributed by atoms with E-state index in [1.165, 1.54) is 0 Å². The molecule has 1 N–H and O–H groups in total. The topological polar surface area (TPSA) is 55.1 Å². The van der Waals surface area contributed by atoms with Crippen LogP contribution in [-0.4, -0.2) is 10.9 Å². The van der Waals surface area contributed by atoms with Crippen LogP contribution >= 0.6 is 34.2 Å². The van der Waals surface area contributed by atoms with E-state index in [-0.39, 0.29) is 5.91 Å². The molecule has 0 aliphatic carbocycles. The van der Waals surface area contributed by atoms with Crippen LogP contribution in [0.5, 0.6) is 0 Å². The summed E-state index contributed by atoms with van der Waals surface area (Å²) >= 11 is 8.48. The first kappa shape index (κ1) is 17.1. The second-order valence-corrected chi connectivity index (χ2v) is 7.30. The number of nitrogens with one attached hydrogen (secondary N) is 1.